The van der Waals surface area contributed by atoms with Gasteiger partial charge in [-0.1, -0.05) is 39.7 Å². The second-order valence-corrected chi connectivity index (χ2v) is 5.85. The van der Waals surface area contributed by atoms with Crippen LogP contribution in [0.2, 0.25) is 5.15 Å². The second-order valence-electron chi connectivity index (χ2n) is 4.58. The molecule has 0 radical (unpaired) electrons. The van der Waals surface area contributed by atoms with Gasteiger partial charge in [0.25, 0.3) is 0 Å². The minimum atomic E-state index is 0.220. The van der Waals surface area contributed by atoms with Gasteiger partial charge in [-0.3, -0.25) is 4.68 Å². The molecule has 1 unspecified atom stereocenters. The van der Waals surface area contributed by atoms with Crippen LogP contribution in [0, 0.1) is 6.92 Å². The van der Waals surface area contributed by atoms with Gasteiger partial charge in [0, 0.05) is 23.1 Å². The molecular weight excluding hydrogens is 326 g/mol. The van der Waals surface area contributed by atoms with Gasteiger partial charge in [-0.05, 0) is 38.1 Å². The average molecular weight is 343 g/mol. The molecule has 0 aliphatic carbocycles. The minimum Gasteiger partial charge on any atom is -0.313 e. The molecule has 102 valence electrons. The topological polar surface area (TPSA) is 29.9 Å². The van der Waals surface area contributed by atoms with Gasteiger partial charge in [-0.15, -0.1) is 0 Å². The smallest absolute Gasteiger partial charge is 0.130 e. The number of rotatable bonds is 4. The highest BCUT2D eigenvalue weighted by atomic mass is 79.9. The van der Waals surface area contributed by atoms with Gasteiger partial charge in [-0.2, -0.15) is 5.10 Å². The summed E-state index contributed by atoms with van der Waals surface area (Å²) >= 11 is 9.81. The van der Waals surface area contributed by atoms with Crippen molar-refractivity contribution in [2.24, 2.45) is 7.05 Å². The van der Waals surface area contributed by atoms with Crippen LogP contribution in [0.15, 0.2) is 28.7 Å². The summed E-state index contributed by atoms with van der Waals surface area (Å²) in [5, 5.41) is 8.41. The molecule has 2 rings (SSSR count). The van der Waals surface area contributed by atoms with E-state index in [1.54, 1.807) is 4.68 Å². The van der Waals surface area contributed by atoms with Crippen LogP contribution in [0.1, 0.15) is 22.9 Å². The van der Waals surface area contributed by atoms with Crippen molar-refractivity contribution in [3.05, 3.63) is 50.7 Å². The Kier molecular flexibility index (Phi) is 4.66. The predicted molar refractivity (Wildman–Crippen MR) is 82.6 cm³/mol. The fraction of sp³-hybridized carbons (Fsp3) is 0.357. The van der Waals surface area contributed by atoms with E-state index in [9.17, 15) is 0 Å². The van der Waals surface area contributed by atoms with E-state index in [1.807, 2.05) is 33.2 Å². The van der Waals surface area contributed by atoms with E-state index < -0.39 is 0 Å². The van der Waals surface area contributed by atoms with Crippen LogP contribution in [0.3, 0.4) is 0 Å². The van der Waals surface area contributed by atoms with Gasteiger partial charge in [0.15, 0.2) is 0 Å². The van der Waals surface area contributed by atoms with Gasteiger partial charge >= 0.3 is 0 Å². The molecule has 1 N–H and O–H groups in total. The Bertz CT molecular complexity index is 580. The maximum Gasteiger partial charge on any atom is 0.130 e. The number of aromatic nitrogens is 2. The molecule has 1 atom stereocenters. The fourth-order valence-electron chi connectivity index (χ4n) is 2.22. The number of nitrogens with one attached hydrogen (secondary N) is 1. The molecule has 3 nitrogen and oxygen atoms in total. The summed E-state index contributed by atoms with van der Waals surface area (Å²) in [6.07, 6.45) is 0.825. The van der Waals surface area contributed by atoms with Crippen LogP contribution in [0.25, 0.3) is 0 Å². The van der Waals surface area contributed by atoms with Crippen LogP contribution in [0.4, 0.5) is 0 Å². The summed E-state index contributed by atoms with van der Waals surface area (Å²) in [4.78, 5) is 0. The molecule has 0 fully saturated rings. The van der Waals surface area contributed by atoms with E-state index in [2.05, 4.69) is 38.5 Å². The third-order valence-electron chi connectivity index (χ3n) is 3.28. The highest BCUT2D eigenvalue weighted by Crippen LogP contribution is 2.26. The molecule has 0 saturated carbocycles. The number of likely N-dealkylation sites (N-methyl/N-ethyl adjacent to an activating group) is 1. The number of aryl methyl sites for hydroxylation is 2. The highest BCUT2D eigenvalue weighted by Gasteiger charge is 2.17. The molecule has 1 aromatic heterocycles. The number of halogens is 2. The lowest BCUT2D eigenvalue weighted by Crippen LogP contribution is -2.19. The molecule has 2 aromatic rings. The average Bonchev–Trinajstić information content (AvgIpc) is 2.61. The number of benzene rings is 1. The third kappa shape index (κ3) is 3.19. The van der Waals surface area contributed by atoms with E-state index in [1.165, 1.54) is 5.56 Å². The Hall–Kier alpha value is -0.840. The molecule has 1 aromatic carbocycles. The first-order valence-corrected chi connectivity index (χ1v) is 7.30. The molecule has 0 bridgehead atoms. The first kappa shape index (κ1) is 14.6. The van der Waals surface area contributed by atoms with Crippen molar-refractivity contribution in [3.8, 4) is 0 Å². The standard InChI is InChI=1S/C14H17BrClN3/c1-9-12(14(16)19(3)18-9)8-13(17-2)10-5-4-6-11(15)7-10/h4-7,13,17H,8H2,1-3H3. The summed E-state index contributed by atoms with van der Waals surface area (Å²) in [5.41, 5.74) is 3.32. The summed E-state index contributed by atoms with van der Waals surface area (Å²) in [7, 11) is 3.83. The molecule has 0 saturated heterocycles. The van der Waals surface area contributed by atoms with Gasteiger partial charge in [0.1, 0.15) is 5.15 Å². The zero-order chi connectivity index (χ0) is 14.0. The molecule has 0 spiro atoms. The van der Waals surface area contributed by atoms with Crippen molar-refractivity contribution in [1.29, 1.82) is 0 Å². The van der Waals surface area contributed by atoms with E-state index in [0.717, 1.165) is 22.2 Å². The summed E-state index contributed by atoms with van der Waals surface area (Å²) < 4.78 is 2.80. The third-order valence-corrected chi connectivity index (χ3v) is 4.24. The largest absolute Gasteiger partial charge is 0.313 e. The molecule has 0 aliphatic heterocycles. The lowest BCUT2D eigenvalue weighted by Gasteiger charge is -2.17. The van der Waals surface area contributed by atoms with Crippen LogP contribution in [-0.2, 0) is 13.5 Å². The molecule has 0 aliphatic rings. The quantitative estimate of drug-likeness (QED) is 0.919. The first-order chi connectivity index (χ1) is 9.02. The maximum absolute atomic E-state index is 6.30. The van der Waals surface area contributed by atoms with Crippen LogP contribution in [0.5, 0.6) is 0 Å². The normalized spacial score (nSPS) is 12.7. The molecule has 1 heterocycles. The monoisotopic (exact) mass is 341 g/mol. The zero-order valence-corrected chi connectivity index (χ0v) is 13.6. The van der Waals surface area contributed by atoms with Crippen LogP contribution < -0.4 is 5.32 Å². The van der Waals surface area contributed by atoms with Gasteiger partial charge in [0.05, 0.1) is 5.69 Å². The number of nitrogens with zero attached hydrogens (tertiary/aromatic N) is 2. The van der Waals surface area contributed by atoms with Gasteiger partial charge < -0.3 is 5.32 Å². The molecular formula is C14H17BrClN3. The van der Waals surface area contributed by atoms with E-state index in [4.69, 9.17) is 11.6 Å². The fourth-order valence-corrected chi connectivity index (χ4v) is 2.89. The van der Waals surface area contributed by atoms with Crippen molar-refractivity contribution in [1.82, 2.24) is 15.1 Å². The van der Waals surface area contributed by atoms with Crippen molar-refractivity contribution in [3.63, 3.8) is 0 Å². The Labute approximate surface area is 127 Å². The van der Waals surface area contributed by atoms with E-state index in [-0.39, 0.29) is 6.04 Å². The van der Waals surface area contributed by atoms with E-state index in [0.29, 0.717) is 5.15 Å². The van der Waals surface area contributed by atoms with Crippen LogP contribution >= 0.6 is 27.5 Å². The first-order valence-electron chi connectivity index (χ1n) is 6.13. The Balaban J connectivity index is 2.29. The van der Waals surface area contributed by atoms with Gasteiger partial charge in [-0.25, -0.2) is 0 Å². The number of hydrogen-bond donors (Lipinski definition) is 1. The Morgan fingerprint density at radius 3 is 2.74 bits per heavy atom. The summed E-state index contributed by atoms with van der Waals surface area (Å²) in [6.45, 7) is 1.99. The Morgan fingerprint density at radius 1 is 1.47 bits per heavy atom. The van der Waals surface area contributed by atoms with Crippen molar-refractivity contribution >= 4 is 27.5 Å². The van der Waals surface area contributed by atoms with Crippen molar-refractivity contribution < 1.29 is 0 Å². The lowest BCUT2D eigenvalue weighted by molar-refractivity contribution is 0.590. The number of hydrogen-bond acceptors (Lipinski definition) is 2. The second kappa shape index (κ2) is 6.07. The lowest BCUT2D eigenvalue weighted by atomic mass is 9.99. The zero-order valence-electron chi connectivity index (χ0n) is 11.2. The summed E-state index contributed by atoms with van der Waals surface area (Å²) in [6, 6.07) is 8.53. The summed E-state index contributed by atoms with van der Waals surface area (Å²) in [5.74, 6) is 0. The van der Waals surface area contributed by atoms with Crippen molar-refractivity contribution in [2.45, 2.75) is 19.4 Å². The molecule has 0 amide bonds. The van der Waals surface area contributed by atoms with Crippen LogP contribution in [-0.4, -0.2) is 16.8 Å². The Morgan fingerprint density at radius 2 is 2.21 bits per heavy atom. The van der Waals surface area contributed by atoms with Crippen molar-refractivity contribution in [2.75, 3.05) is 7.05 Å². The molecule has 5 heteroatoms. The van der Waals surface area contributed by atoms with E-state index >= 15 is 0 Å². The van der Waals surface area contributed by atoms with Gasteiger partial charge in [0.2, 0.25) is 0 Å². The SMILES string of the molecule is CNC(Cc1c(C)nn(C)c1Cl)c1cccc(Br)c1. The minimum absolute atomic E-state index is 0.220. The maximum atomic E-state index is 6.30. The molecule has 19 heavy (non-hydrogen) atoms. The highest BCUT2D eigenvalue weighted by molar-refractivity contribution is 9.10. The predicted octanol–water partition coefficient (Wildman–Crippen LogP) is 3.65.